The highest BCUT2D eigenvalue weighted by atomic mass is 15.0. The van der Waals surface area contributed by atoms with Crippen LogP contribution in [0.2, 0.25) is 0 Å². The van der Waals surface area contributed by atoms with Gasteiger partial charge >= 0.3 is 0 Å². The van der Waals surface area contributed by atoms with Crippen molar-refractivity contribution in [2.75, 3.05) is 0 Å². The Labute approximate surface area is 240 Å². The molecule has 42 heavy (non-hydrogen) atoms. The highest BCUT2D eigenvalue weighted by molar-refractivity contribution is 6.25. The highest BCUT2D eigenvalue weighted by Crippen LogP contribution is 2.42. The van der Waals surface area contributed by atoms with Gasteiger partial charge in [-0.25, -0.2) is 9.97 Å². The summed E-state index contributed by atoms with van der Waals surface area (Å²) < 4.78 is 4.74. The fraction of sp³-hybridized carbons (Fsp3) is 0. The molecule has 0 aliphatic heterocycles. The molecule has 0 atom stereocenters. The molecule has 10 aromatic rings. The summed E-state index contributed by atoms with van der Waals surface area (Å²) in [5.41, 5.74) is 12.0. The van der Waals surface area contributed by atoms with E-state index >= 15 is 0 Å². The minimum absolute atomic E-state index is 0.906. The van der Waals surface area contributed by atoms with Crippen molar-refractivity contribution in [2.45, 2.75) is 0 Å². The summed E-state index contributed by atoms with van der Waals surface area (Å²) >= 11 is 0. The summed E-state index contributed by atoms with van der Waals surface area (Å²) in [4.78, 5) is 10.2. The summed E-state index contributed by atoms with van der Waals surface area (Å²) in [6.07, 6.45) is 0. The van der Waals surface area contributed by atoms with Crippen LogP contribution >= 0.6 is 0 Å². The second-order valence-corrected chi connectivity index (χ2v) is 11.1. The first-order valence-electron chi connectivity index (χ1n) is 14.3. The molecular formula is C38H22N4. The number of rotatable bonds is 2. The first-order chi connectivity index (χ1) is 20.8. The molecule has 4 heterocycles. The molecule has 0 fully saturated rings. The Morgan fingerprint density at radius 1 is 0.429 bits per heavy atom. The molecule has 10 rings (SSSR count). The molecule has 4 aromatic heterocycles. The van der Waals surface area contributed by atoms with Crippen LogP contribution in [0.15, 0.2) is 133 Å². The van der Waals surface area contributed by atoms with E-state index in [0.29, 0.717) is 0 Å². The largest absolute Gasteiger partial charge is 0.309 e. The molecule has 6 aromatic carbocycles. The number of hydrogen-bond acceptors (Lipinski definition) is 2. The minimum Gasteiger partial charge on any atom is -0.309 e. The molecule has 0 saturated carbocycles. The van der Waals surface area contributed by atoms with E-state index in [1.54, 1.807) is 0 Å². The van der Waals surface area contributed by atoms with E-state index in [0.717, 1.165) is 38.8 Å². The van der Waals surface area contributed by atoms with Crippen LogP contribution in [0.4, 0.5) is 0 Å². The van der Waals surface area contributed by atoms with Gasteiger partial charge in [0, 0.05) is 32.6 Å². The third-order valence-electron chi connectivity index (χ3n) is 8.82. The number of benzene rings is 6. The molecular weight excluding hydrogens is 512 g/mol. The predicted molar refractivity (Wildman–Crippen MR) is 174 cm³/mol. The Kier molecular flexibility index (Phi) is 4.15. The molecule has 4 heteroatoms. The van der Waals surface area contributed by atoms with Gasteiger partial charge in [0.15, 0.2) is 5.65 Å². The number of nitrogens with zero attached hydrogens (tertiary/aromatic N) is 4. The van der Waals surface area contributed by atoms with E-state index in [-0.39, 0.29) is 0 Å². The van der Waals surface area contributed by atoms with Crippen LogP contribution in [0.5, 0.6) is 0 Å². The topological polar surface area (TPSA) is 35.1 Å². The average Bonchev–Trinajstić information content (AvgIpc) is 3.67. The first kappa shape index (κ1) is 22.0. The lowest BCUT2D eigenvalue weighted by Crippen LogP contribution is -1.94. The van der Waals surface area contributed by atoms with Crippen molar-refractivity contribution in [2.24, 2.45) is 0 Å². The molecule has 0 spiro atoms. The summed E-state index contributed by atoms with van der Waals surface area (Å²) in [5.74, 6) is 0. The Balaban J connectivity index is 1.39. The van der Waals surface area contributed by atoms with Gasteiger partial charge in [0.25, 0.3) is 0 Å². The second kappa shape index (κ2) is 7.93. The molecule has 0 unspecified atom stereocenters. The lowest BCUT2D eigenvalue weighted by atomic mass is 10.0. The summed E-state index contributed by atoms with van der Waals surface area (Å²) in [7, 11) is 0. The second-order valence-electron chi connectivity index (χ2n) is 11.1. The maximum Gasteiger partial charge on any atom is 0.165 e. The number of aromatic nitrogens is 4. The predicted octanol–water partition coefficient (Wildman–Crippen LogP) is 9.54. The number of fused-ring (bicyclic) bond motifs is 10. The van der Waals surface area contributed by atoms with Gasteiger partial charge in [-0.2, -0.15) is 0 Å². The molecule has 194 valence electrons. The van der Waals surface area contributed by atoms with E-state index in [9.17, 15) is 0 Å². The van der Waals surface area contributed by atoms with Crippen molar-refractivity contribution in [3.63, 3.8) is 0 Å². The van der Waals surface area contributed by atoms with Crippen molar-refractivity contribution in [3.8, 4) is 16.8 Å². The Morgan fingerprint density at radius 3 is 1.95 bits per heavy atom. The van der Waals surface area contributed by atoms with Crippen LogP contribution in [-0.4, -0.2) is 18.9 Å². The fourth-order valence-corrected chi connectivity index (χ4v) is 6.98. The Morgan fingerprint density at radius 2 is 1.12 bits per heavy atom. The zero-order valence-electron chi connectivity index (χ0n) is 22.5. The van der Waals surface area contributed by atoms with E-state index in [1.165, 1.54) is 49.2 Å². The fourth-order valence-electron chi connectivity index (χ4n) is 6.98. The Bertz CT molecular complexity index is 2660. The third-order valence-corrected chi connectivity index (χ3v) is 8.82. The van der Waals surface area contributed by atoms with Gasteiger partial charge in [0.05, 0.1) is 33.1 Å². The van der Waals surface area contributed by atoms with Gasteiger partial charge in [0.1, 0.15) is 5.52 Å². The lowest BCUT2D eigenvalue weighted by Gasteiger charge is -2.09. The highest BCUT2D eigenvalue weighted by Gasteiger charge is 2.22. The van der Waals surface area contributed by atoms with Crippen molar-refractivity contribution in [3.05, 3.63) is 133 Å². The SMILES string of the molecule is c1ccc(-c2ccc3c4cc5c6cccc7c8nc9ccccc9nc8n(c5cc4n(-c4ccccc4)c3c2)c67)cc1. The van der Waals surface area contributed by atoms with E-state index < -0.39 is 0 Å². The van der Waals surface area contributed by atoms with E-state index in [4.69, 9.17) is 9.97 Å². The zero-order chi connectivity index (χ0) is 27.4. The van der Waals surface area contributed by atoms with Gasteiger partial charge in [-0.3, -0.25) is 4.40 Å². The van der Waals surface area contributed by atoms with Crippen molar-refractivity contribution < 1.29 is 0 Å². The summed E-state index contributed by atoms with van der Waals surface area (Å²) in [6.45, 7) is 0. The monoisotopic (exact) mass is 534 g/mol. The van der Waals surface area contributed by atoms with Gasteiger partial charge in [0.2, 0.25) is 0 Å². The minimum atomic E-state index is 0.906. The molecule has 0 saturated heterocycles. The first-order valence-corrected chi connectivity index (χ1v) is 14.3. The Hall–Kier alpha value is -5.74. The number of hydrogen-bond donors (Lipinski definition) is 0. The third kappa shape index (κ3) is 2.80. The van der Waals surface area contributed by atoms with Crippen LogP contribution in [0.1, 0.15) is 0 Å². The average molecular weight is 535 g/mol. The molecule has 0 aliphatic rings. The summed E-state index contributed by atoms with van der Waals surface area (Å²) in [5, 5.41) is 6.10. The van der Waals surface area contributed by atoms with Gasteiger partial charge in [-0.15, -0.1) is 0 Å². The molecule has 0 radical (unpaired) electrons. The lowest BCUT2D eigenvalue weighted by molar-refractivity contribution is 1.18. The molecule has 0 bridgehead atoms. The van der Waals surface area contributed by atoms with Crippen LogP contribution in [-0.2, 0) is 0 Å². The smallest absolute Gasteiger partial charge is 0.165 e. The van der Waals surface area contributed by atoms with Crippen LogP contribution in [0.3, 0.4) is 0 Å². The van der Waals surface area contributed by atoms with Gasteiger partial charge in [-0.1, -0.05) is 91.0 Å². The molecule has 0 amide bonds. The van der Waals surface area contributed by atoms with Crippen molar-refractivity contribution in [1.29, 1.82) is 0 Å². The summed E-state index contributed by atoms with van der Waals surface area (Å²) in [6, 6.07) is 47.6. The normalized spacial score (nSPS) is 12.3. The molecule has 4 nitrogen and oxygen atoms in total. The molecule has 0 aliphatic carbocycles. The van der Waals surface area contributed by atoms with Gasteiger partial charge < -0.3 is 4.57 Å². The maximum absolute atomic E-state index is 5.16. The van der Waals surface area contributed by atoms with E-state index in [2.05, 4.69) is 118 Å². The molecule has 0 N–H and O–H groups in total. The van der Waals surface area contributed by atoms with Gasteiger partial charge in [-0.05, 0) is 53.6 Å². The van der Waals surface area contributed by atoms with Crippen molar-refractivity contribution in [1.82, 2.24) is 18.9 Å². The van der Waals surface area contributed by atoms with Crippen LogP contribution < -0.4 is 0 Å². The zero-order valence-corrected chi connectivity index (χ0v) is 22.5. The maximum atomic E-state index is 5.16. The quantitative estimate of drug-likeness (QED) is 0.221. The van der Waals surface area contributed by atoms with E-state index in [1.807, 2.05) is 24.3 Å². The standard InChI is InChI=1S/C38H22N4/c1-3-10-23(11-4-1)24-18-19-26-29-21-30-27-14-9-15-28-36-38(40-32-17-8-7-16-31(32)39-36)42(37(27)28)35(30)22-34(29)41(33(26)20-24)25-12-5-2-6-13-25/h1-22H. The van der Waals surface area contributed by atoms with Crippen molar-refractivity contribution >= 4 is 71.2 Å². The van der Waals surface area contributed by atoms with Crippen LogP contribution in [0.25, 0.3) is 88.0 Å². The number of para-hydroxylation sites is 4. The van der Waals surface area contributed by atoms with Crippen LogP contribution in [0, 0.1) is 0 Å².